The van der Waals surface area contributed by atoms with Crippen LogP contribution in [0.25, 0.3) is 0 Å². The molecule has 1 fully saturated rings. The summed E-state index contributed by atoms with van der Waals surface area (Å²) in [4.78, 5) is 13.1. The predicted molar refractivity (Wildman–Crippen MR) is 75.0 cm³/mol. The first-order chi connectivity index (χ1) is 8.72. The summed E-state index contributed by atoms with van der Waals surface area (Å²) in [7, 11) is 4.00. The highest BCUT2D eigenvalue weighted by Gasteiger charge is 2.23. The number of anilines is 2. The van der Waals surface area contributed by atoms with Gasteiger partial charge in [-0.25, -0.2) is 9.97 Å². The van der Waals surface area contributed by atoms with E-state index < -0.39 is 0 Å². The fraction of sp³-hybridized carbons (Fsp3) is 0.692. The number of hydrogen-bond donors (Lipinski definition) is 1. The topological polar surface area (TPSA) is 58.3 Å². The molecule has 5 heteroatoms. The summed E-state index contributed by atoms with van der Waals surface area (Å²) in [5, 5.41) is 0. The van der Waals surface area contributed by atoms with Crippen LogP contribution < -0.4 is 15.5 Å². The molecule has 0 saturated carbocycles. The monoisotopic (exact) mass is 249 g/mol. The van der Waals surface area contributed by atoms with Crippen molar-refractivity contribution < 1.29 is 0 Å². The molecule has 5 nitrogen and oxygen atoms in total. The van der Waals surface area contributed by atoms with E-state index in [2.05, 4.69) is 20.9 Å². The Bertz CT molecular complexity index is 377. The summed E-state index contributed by atoms with van der Waals surface area (Å²) in [5.41, 5.74) is 5.71. The quantitative estimate of drug-likeness (QED) is 0.870. The first-order valence-corrected chi connectivity index (χ1v) is 6.68. The van der Waals surface area contributed by atoms with Gasteiger partial charge >= 0.3 is 0 Å². The normalized spacial score (nSPS) is 19.9. The van der Waals surface area contributed by atoms with Gasteiger partial charge in [0.05, 0.1) is 0 Å². The van der Waals surface area contributed by atoms with Crippen molar-refractivity contribution in [3.63, 3.8) is 0 Å². The Kier molecular flexibility index (Phi) is 4.36. The van der Waals surface area contributed by atoms with Crippen molar-refractivity contribution in [1.82, 2.24) is 9.97 Å². The Morgan fingerprint density at radius 2 is 2.22 bits per heavy atom. The molecule has 0 radical (unpaired) electrons. The number of nitrogens with two attached hydrogens (primary N) is 1. The molecule has 1 aliphatic rings. The zero-order valence-corrected chi connectivity index (χ0v) is 11.3. The number of nitrogens with zero attached hydrogens (tertiary/aromatic N) is 4. The second-order valence-electron chi connectivity index (χ2n) is 5.05. The minimum Gasteiger partial charge on any atom is -0.363 e. The van der Waals surface area contributed by atoms with E-state index >= 15 is 0 Å². The van der Waals surface area contributed by atoms with Gasteiger partial charge in [-0.3, -0.25) is 0 Å². The molecule has 2 N–H and O–H groups in total. The second kappa shape index (κ2) is 6.00. The van der Waals surface area contributed by atoms with Crippen LogP contribution >= 0.6 is 0 Å². The summed E-state index contributed by atoms with van der Waals surface area (Å²) in [6, 6.07) is 2.60. The fourth-order valence-corrected chi connectivity index (χ4v) is 2.53. The van der Waals surface area contributed by atoms with E-state index in [0.717, 1.165) is 31.1 Å². The first kappa shape index (κ1) is 13.1. The van der Waals surface area contributed by atoms with Crippen LogP contribution in [0.4, 0.5) is 11.6 Å². The second-order valence-corrected chi connectivity index (χ2v) is 5.05. The summed E-state index contributed by atoms with van der Waals surface area (Å²) in [6.07, 6.45) is 6.45. The fourth-order valence-electron chi connectivity index (χ4n) is 2.53. The SMILES string of the molecule is CN(C)c1cc(N2CCCCC2CCN)ncn1. The Morgan fingerprint density at radius 1 is 1.39 bits per heavy atom. The van der Waals surface area contributed by atoms with E-state index in [-0.39, 0.29) is 0 Å². The maximum Gasteiger partial charge on any atom is 0.134 e. The third-order valence-corrected chi connectivity index (χ3v) is 3.52. The number of aromatic nitrogens is 2. The highest BCUT2D eigenvalue weighted by Crippen LogP contribution is 2.26. The summed E-state index contributed by atoms with van der Waals surface area (Å²) < 4.78 is 0. The van der Waals surface area contributed by atoms with Gasteiger partial charge in [0.1, 0.15) is 18.0 Å². The lowest BCUT2D eigenvalue weighted by molar-refractivity contribution is 0.438. The molecule has 0 aromatic carbocycles. The third kappa shape index (κ3) is 2.90. The largest absolute Gasteiger partial charge is 0.363 e. The molecule has 1 aromatic heterocycles. The lowest BCUT2D eigenvalue weighted by atomic mass is 9.99. The van der Waals surface area contributed by atoms with E-state index in [1.807, 2.05) is 19.0 Å². The summed E-state index contributed by atoms with van der Waals surface area (Å²) >= 11 is 0. The molecule has 0 amide bonds. The molecule has 2 rings (SSSR count). The summed E-state index contributed by atoms with van der Waals surface area (Å²) in [6.45, 7) is 1.82. The van der Waals surface area contributed by atoms with Gasteiger partial charge in [0.15, 0.2) is 0 Å². The van der Waals surface area contributed by atoms with E-state index in [1.165, 1.54) is 19.3 Å². The van der Waals surface area contributed by atoms with E-state index in [4.69, 9.17) is 5.73 Å². The molecule has 0 spiro atoms. The van der Waals surface area contributed by atoms with Crippen LogP contribution in [0, 0.1) is 0 Å². The minimum absolute atomic E-state index is 0.536. The van der Waals surface area contributed by atoms with Gasteiger partial charge in [0, 0.05) is 32.7 Å². The first-order valence-electron chi connectivity index (χ1n) is 6.68. The van der Waals surface area contributed by atoms with Gasteiger partial charge in [-0.15, -0.1) is 0 Å². The van der Waals surface area contributed by atoms with Crippen molar-refractivity contribution in [1.29, 1.82) is 0 Å². The Hall–Kier alpha value is -1.36. The standard InChI is InChI=1S/C13H23N5/c1-17(2)12-9-13(16-10-15-12)18-8-4-3-5-11(18)6-7-14/h9-11H,3-8,14H2,1-2H3. The zero-order valence-electron chi connectivity index (χ0n) is 11.3. The van der Waals surface area contributed by atoms with Crippen LogP contribution in [0.1, 0.15) is 25.7 Å². The lowest BCUT2D eigenvalue weighted by Gasteiger charge is -2.36. The molecule has 1 atom stereocenters. The smallest absolute Gasteiger partial charge is 0.134 e. The van der Waals surface area contributed by atoms with Crippen LogP contribution in [-0.2, 0) is 0 Å². The van der Waals surface area contributed by atoms with Crippen molar-refractivity contribution in [2.24, 2.45) is 5.73 Å². The van der Waals surface area contributed by atoms with Crippen LogP contribution in [0.3, 0.4) is 0 Å². The van der Waals surface area contributed by atoms with Gasteiger partial charge in [-0.05, 0) is 32.2 Å². The Morgan fingerprint density at radius 3 is 2.94 bits per heavy atom. The molecule has 0 bridgehead atoms. The van der Waals surface area contributed by atoms with Gasteiger partial charge in [-0.1, -0.05) is 0 Å². The van der Waals surface area contributed by atoms with Crippen molar-refractivity contribution in [2.75, 3.05) is 37.0 Å². The van der Waals surface area contributed by atoms with Crippen LogP contribution in [-0.4, -0.2) is 43.2 Å². The molecular weight excluding hydrogens is 226 g/mol. The van der Waals surface area contributed by atoms with Crippen molar-refractivity contribution in [3.8, 4) is 0 Å². The number of hydrogen-bond acceptors (Lipinski definition) is 5. The predicted octanol–water partition coefficient (Wildman–Crippen LogP) is 1.25. The third-order valence-electron chi connectivity index (χ3n) is 3.52. The molecule has 0 aliphatic carbocycles. The van der Waals surface area contributed by atoms with Crippen molar-refractivity contribution in [2.45, 2.75) is 31.7 Å². The van der Waals surface area contributed by atoms with Gasteiger partial charge in [0.25, 0.3) is 0 Å². The highest BCUT2D eigenvalue weighted by atomic mass is 15.2. The highest BCUT2D eigenvalue weighted by molar-refractivity contribution is 5.50. The molecular formula is C13H23N5. The van der Waals surface area contributed by atoms with Crippen LogP contribution in [0.5, 0.6) is 0 Å². The molecule has 1 aliphatic heterocycles. The average molecular weight is 249 g/mol. The molecule has 18 heavy (non-hydrogen) atoms. The molecule has 1 saturated heterocycles. The number of rotatable bonds is 4. The maximum absolute atomic E-state index is 5.71. The zero-order chi connectivity index (χ0) is 13.0. The minimum atomic E-state index is 0.536. The maximum atomic E-state index is 5.71. The molecule has 2 heterocycles. The van der Waals surface area contributed by atoms with Crippen molar-refractivity contribution in [3.05, 3.63) is 12.4 Å². The van der Waals surface area contributed by atoms with E-state index in [0.29, 0.717) is 6.04 Å². The summed E-state index contributed by atoms with van der Waals surface area (Å²) in [5.74, 6) is 1.99. The van der Waals surface area contributed by atoms with Gasteiger partial charge in [0.2, 0.25) is 0 Å². The van der Waals surface area contributed by atoms with Gasteiger partial charge < -0.3 is 15.5 Å². The average Bonchev–Trinajstić information content (AvgIpc) is 2.40. The Balaban J connectivity index is 2.19. The lowest BCUT2D eigenvalue weighted by Crippen LogP contribution is -2.41. The van der Waals surface area contributed by atoms with Crippen molar-refractivity contribution >= 4 is 11.6 Å². The molecule has 1 unspecified atom stereocenters. The van der Waals surface area contributed by atoms with E-state index in [9.17, 15) is 0 Å². The number of piperidine rings is 1. The molecule has 100 valence electrons. The Labute approximate surface area is 109 Å². The van der Waals surface area contributed by atoms with E-state index in [1.54, 1.807) is 6.33 Å². The van der Waals surface area contributed by atoms with Crippen LogP contribution in [0.15, 0.2) is 12.4 Å². The molecule has 1 aromatic rings. The van der Waals surface area contributed by atoms with Gasteiger partial charge in [-0.2, -0.15) is 0 Å². The van der Waals surface area contributed by atoms with Crippen LogP contribution in [0.2, 0.25) is 0 Å².